The molecule has 1 N–H and O–H groups in total. The third-order valence-corrected chi connectivity index (χ3v) is 3.75. The molecule has 2 aromatic carbocycles. The Labute approximate surface area is 155 Å². The minimum absolute atomic E-state index is 0.625. The summed E-state index contributed by atoms with van der Waals surface area (Å²) in [4.78, 5) is 16.5. The van der Waals surface area contributed by atoms with Gasteiger partial charge in [-0.25, -0.2) is 4.79 Å². The highest BCUT2D eigenvalue weighted by atomic mass is 16.7. The van der Waals surface area contributed by atoms with Gasteiger partial charge in [-0.1, -0.05) is 68.1 Å². The van der Waals surface area contributed by atoms with Crippen molar-refractivity contribution in [1.29, 1.82) is 0 Å². The number of nitrogens with zero attached hydrogens (tertiary/aromatic N) is 1. The van der Waals surface area contributed by atoms with Crippen molar-refractivity contribution in [3.8, 4) is 5.75 Å². The van der Waals surface area contributed by atoms with Crippen LogP contribution in [0.4, 0.5) is 10.5 Å². The lowest BCUT2D eigenvalue weighted by Gasteiger charge is -2.07. The van der Waals surface area contributed by atoms with Crippen LogP contribution in [-0.4, -0.2) is 18.9 Å². The first-order valence-electron chi connectivity index (χ1n) is 9.07. The summed E-state index contributed by atoms with van der Waals surface area (Å²) in [7, 11) is 0. The van der Waals surface area contributed by atoms with E-state index in [1.807, 2.05) is 42.5 Å². The number of hydrogen-bond acceptors (Lipinski definition) is 4. The Bertz CT molecular complexity index is 669. The van der Waals surface area contributed by atoms with Gasteiger partial charge < -0.3 is 4.74 Å². The van der Waals surface area contributed by atoms with E-state index in [9.17, 15) is 4.79 Å². The zero-order valence-corrected chi connectivity index (χ0v) is 15.2. The van der Waals surface area contributed by atoms with E-state index < -0.39 is 6.09 Å². The SMILES string of the molecule is CCCCCCCOc1ccc(NC(=O)O/N=C/c2ccccc2)cc1. The quantitative estimate of drug-likeness (QED) is 0.261. The van der Waals surface area contributed by atoms with Crippen LogP contribution in [0.5, 0.6) is 5.75 Å². The molecule has 0 radical (unpaired) electrons. The summed E-state index contributed by atoms with van der Waals surface area (Å²) >= 11 is 0. The second-order valence-corrected chi connectivity index (χ2v) is 5.94. The van der Waals surface area contributed by atoms with E-state index in [2.05, 4.69) is 17.4 Å². The van der Waals surface area contributed by atoms with Crippen LogP contribution in [0, 0.1) is 0 Å². The van der Waals surface area contributed by atoms with E-state index in [1.54, 1.807) is 12.1 Å². The van der Waals surface area contributed by atoms with Crippen LogP contribution in [0.3, 0.4) is 0 Å². The molecule has 0 aliphatic carbocycles. The Morgan fingerprint density at radius 1 is 1.00 bits per heavy atom. The van der Waals surface area contributed by atoms with Gasteiger partial charge in [-0.3, -0.25) is 10.2 Å². The first kappa shape index (κ1) is 19.5. The van der Waals surface area contributed by atoms with Crippen molar-refractivity contribution in [2.45, 2.75) is 39.0 Å². The highest BCUT2D eigenvalue weighted by molar-refractivity contribution is 5.85. The summed E-state index contributed by atoms with van der Waals surface area (Å²) < 4.78 is 5.69. The number of oxime groups is 1. The van der Waals surface area contributed by atoms with Crippen molar-refractivity contribution in [2.24, 2.45) is 5.16 Å². The maximum atomic E-state index is 11.7. The molecule has 0 saturated heterocycles. The number of ether oxygens (including phenoxy) is 1. The highest BCUT2D eigenvalue weighted by Crippen LogP contribution is 2.16. The number of hydrogen-bond donors (Lipinski definition) is 1. The average molecular weight is 354 g/mol. The summed E-state index contributed by atoms with van der Waals surface area (Å²) in [6.07, 6.45) is 6.89. The van der Waals surface area contributed by atoms with Gasteiger partial charge >= 0.3 is 6.09 Å². The fraction of sp³-hybridized carbons (Fsp3) is 0.333. The van der Waals surface area contributed by atoms with E-state index >= 15 is 0 Å². The van der Waals surface area contributed by atoms with Gasteiger partial charge in [0, 0.05) is 5.69 Å². The number of rotatable bonds is 10. The summed E-state index contributed by atoms with van der Waals surface area (Å²) in [6, 6.07) is 16.6. The van der Waals surface area contributed by atoms with Gasteiger partial charge in [-0.15, -0.1) is 0 Å². The monoisotopic (exact) mass is 354 g/mol. The van der Waals surface area contributed by atoms with E-state index in [0.717, 1.165) is 17.7 Å². The summed E-state index contributed by atoms with van der Waals surface area (Å²) in [5, 5.41) is 6.28. The molecule has 1 amide bonds. The first-order chi connectivity index (χ1) is 12.8. The minimum Gasteiger partial charge on any atom is -0.494 e. The Hall–Kier alpha value is -2.82. The third kappa shape index (κ3) is 7.83. The molecule has 2 aromatic rings. The number of anilines is 1. The van der Waals surface area contributed by atoms with Gasteiger partial charge in [0.2, 0.25) is 0 Å². The Morgan fingerprint density at radius 2 is 1.73 bits per heavy atom. The lowest BCUT2D eigenvalue weighted by Crippen LogP contribution is -2.10. The highest BCUT2D eigenvalue weighted by Gasteiger charge is 2.03. The molecule has 0 unspecified atom stereocenters. The predicted molar refractivity (Wildman–Crippen MR) is 105 cm³/mol. The molecule has 0 heterocycles. The standard InChI is InChI=1S/C21H26N2O3/c1-2-3-4-5-9-16-25-20-14-12-19(13-15-20)23-21(24)26-22-17-18-10-7-6-8-11-18/h6-8,10-15,17H,2-5,9,16H2,1H3,(H,23,24)/b22-17+. The molecular weight excluding hydrogens is 328 g/mol. The van der Waals surface area contributed by atoms with Gasteiger partial charge in [0.05, 0.1) is 12.8 Å². The number of carbonyl (C=O) groups is 1. The summed E-state index contributed by atoms with van der Waals surface area (Å²) in [6.45, 7) is 2.92. The first-order valence-corrected chi connectivity index (χ1v) is 9.07. The summed E-state index contributed by atoms with van der Waals surface area (Å²) in [5.41, 5.74) is 1.48. The Kier molecular flexibility index (Phi) is 8.77. The molecule has 26 heavy (non-hydrogen) atoms. The normalized spacial score (nSPS) is 10.7. The maximum Gasteiger partial charge on any atom is 0.437 e. The van der Waals surface area contributed by atoms with Crippen molar-refractivity contribution >= 4 is 18.0 Å². The largest absolute Gasteiger partial charge is 0.494 e. The topological polar surface area (TPSA) is 59.9 Å². The molecule has 138 valence electrons. The average Bonchev–Trinajstić information content (AvgIpc) is 2.67. The smallest absolute Gasteiger partial charge is 0.437 e. The lowest BCUT2D eigenvalue weighted by atomic mass is 10.2. The fourth-order valence-corrected chi connectivity index (χ4v) is 2.34. The van der Waals surface area contributed by atoms with Crippen LogP contribution < -0.4 is 10.1 Å². The molecule has 0 bridgehead atoms. The van der Waals surface area contributed by atoms with Crippen LogP contribution >= 0.6 is 0 Å². The molecule has 0 fully saturated rings. The van der Waals surface area contributed by atoms with Crippen molar-refractivity contribution in [3.05, 3.63) is 60.2 Å². The second kappa shape index (κ2) is 11.7. The van der Waals surface area contributed by atoms with Crippen LogP contribution in [0.2, 0.25) is 0 Å². The molecule has 0 spiro atoms. The van der Waals surface area contributed by atoms with Gasteiger partial charge in [-0.05, 0) is 36.2 Å². The van der Waals surface area contributed by atoms with Crippen LogP contribution in [0.15, 0.2) is 59.8 Å². The fourth-order valence-electron chi connectivity index (χ4n) is 2.34. The molecule has 0 aliphatic rings. The van der Waals surface area contributed by atoms with Gasteiger partial charge in [-0.2, -0.15) is 0 Å². The van der Waals surface area contributed by atoms with E-state index in [4.69, 9.17) is 9.57 Å². The van der Waals surface area contributed by atoms with Crippen LogP contribution in [-0.2, 0) is 4.84 Å². The molecule has 0 saturated carbocycles. The number of nitrogens with one attached hydrogen (secondary N) is 1. The number of unbranched alkanes of at least 4 members (excludes halogenated alkanes) is 4. The minimum atomic E-state index is -0.637. The Balaban J connectivity index is 1.67. The number of benzene rings is 2. The molecule has 0 aliphatic heterocycles. The summed E-state index contributed by atoms with van der Waals surface area (Å²) in [5.74, 6) is 0.793. The number of carbonyl (C=O) groups excluding carboxylic acids is 1. The van der Waals surface area contributed by atoms with Crippen molar-refractivity contribution in [2.75, 3.05) is 11.9 Å². The van der Waals surface area contributed by atoms with Crippen molar-refractivity contribution in [3.63, 3.8) is 0 Å². The molecule has 5 nitrogen and oxygen atoms in total. The van der Waals surface area contributed by atoms with E-state index in [1.165, 1.54) is 31.9 Å². The molecular formula is C21H26N2O3. The van der Waals surface area contributed by atoms with Crippen LogP contribution in [0.1, 0.15) is 44.6 Å². The molecule has 0 atom stereocenters. The van der Waals surface area contributed by atoms with Gasteiger partial charge in [0.15, 0.2) is 0 Å². The molecule has 0 aromatic heterocycles. The van der Waals surface area contributed by atoms with Crippen LogP contribution in [0.25, 0.3) is 0 Å². The molecule has 5 heteroatoms. The second-order valence-electron chi connectivity index (χ2n) is 5.94. The van der Waals surface area contributed by atoms with Gasteiger partial charge in [0.25, 0.3) is 0 Å². The predicted octanol–water partition coefficient (Wildman–Crippen LogP) is 5.62. The Morgan fingerprint density at radius 3 is 2.46 bits per heavy atom. The van der Waals surface area contributed by atoms with Gasteiger partial charge in [0.1, 0.15) is 5.75 Å². The maximum absolute atomic E-state index is 11.7. The molecule has 2 rings (SSSR count). The third-order valence-electron chi connectivity index (χ3n) is 3.75. The van der Waals surface area contributed by atoms with Crippen molar-refractivity contribution in [1.82, 2.24) is 0 Å². The zero-order valence-electron chi connectivity index (χ0n) is 15.2. The lowest BCUT2D eigenvalue weighted by molar-refractivity contribution is 0.167. The van der Waals surface area contributed by atoms with E-state index in [0.29, 0.717) is 12.3 Å². The number of amides is 1. The zero-order chi connectivity index (χ0) is 18.5. The van der Waals surface area contributed by atoms with Crippen molar-refractivity contribution < 1.29 is 14.4 Å². The van der Waals surface area contributed by atoms with E-state index in [-0.39, 0.29) is 0 Å².